The number of ether oxygens (including phenoxy) is 3. The van der Waals surface area contributed by atoms with Gasteiger partial charge in [0.1, 0.15) is 5.75 Å². The van der Waals surface area contributed by atoms with Crippen molar-refractivity contribution in [3.8, 4) is 5.75 Å². The van der Waals surface area contributed by atoms with Gasteiger partial charge in [-0.3, -0.25) is 0 Å². The molecular weight excluding hydrogens is 518 g/mol. The number of carbonyl (C=O) groups is 2. The Balaban J connectivity index is 1.60. The summed E-state index contributed by atoms with van der Waals surface area (Å²) >= 11 is 0. The second-order valence-electron chi connectivity index (χ2n) is 8.68. The Hall–Kier alpha value is -2.92. The Bertz CT molecular complexity index is 1030. The van der Waals surface area contributed by atoms with Gasteiger partial charge in [-0.1, -0.05) is 18.2 Å². The molecule has 0 aliphatic heterocycles. The normalized spacial score (nSPS) is 11.6. The molecular formula is C29H43NO8Si. The maximum atomic E-state index is 12.0. The summed E-state index contributed by atoms with van der Waals surface area (Å²) in [6, 6.07) is 12.5. The molecule has 0 aliphatic carbocycles. The van der Waals surface area contributed by atoms with Gasteiger partial charge in [0, 0.05) is 38.5 Å². The number of benzene rings is 2. The highest BCUT2D eigenvalue weighted by molar-refractivity contribution is 6.60. The Morgan fingerprint density at radius 2 is 1.51 bits per heavy atom. The minimum atomic E-state index is -2.68. The molecule has 39 heavy (non-hydrogen) atoms. The van der Waals surface area contributed by atoms with Crippen molar-refractivity contribution in [3.05, 3.63) is 48.0 Å². The van der Waals surface area contributed by atoms with Crippen LogP contribution in [0.3, 0.4) is 0 Å². The van der Waals surface area contributed by atoms with E-state index in [1.54, 1.807) is 6.08 Å². The lowest BCUT2D eigenvalue weighted by molar-refractivity contribution is -0.134. The molecule has 1 N–H and O–H groups in total. The number of alkyl carbamates (subject to hydrolysis) is 1. The molecule has 0 heterocycles. The molecule has 0 bridgehead atoms. The van der Waals surface area contributed by atoms with Gasteiger partial charge in [-0.05, 0) is 87.1 Å². The van der Waals surface area contributed by atoms with Crippen molar-refractivity contribution in [2.75, 3.05) is 46.7 Å². The first-order valence-electron chi connectivity index (χ1n) is 13.7. The van der Waals surface area contributed by atoms with Gasteiger partial charge in [-0.15, -0.1) is 0 Å². The van der Waals surface area contributed by atoms with E-state index in [2.05, 4.69) is 10.1 Å². The summed E-state index contributed by atoms with van der Waals surface area (Å²) in [6.07, 6.45) is 5.93. The molecule has 0 unspecified atom stereocenters. The Morgan fingerprint density at radius 1 is 0.846 bits per heavy atom. The molecule has 0 saturated heterocycles. The van der Waals surface area contributed by atoms with Gasteiger partial charge >= 0.3 is 20.9 Å². The molecule has 0 spiro atoms. The molecule has 0 fully saturated rings. The molecule has 2 rings (SSSR count). The number of hydrogen-bond acceptors (Lipinski definition) is 8. The van der Waals surface area contributed by atoms with Crippen molar-refractivity contribution in [1.82, 2.24) is 5.32 Å². The lowest BCUT2D eigenvalue weighted by atomic mass is 10.1. The molecule has 10 heteroatoms. The van der Waals surface area contributed by atoms with Gasteiger partial charge in [0.15, 0.2) is 0 Å². The number of esters is 1. The predicted molar refractivity (Wildman–Crippen MR) is 154 cm³/mol. The van der Waals surface area contributed by atoms with Crippen LogP contribution in [-0.2, 0) is 27.5 Å². The summed E-state index contributed by atoms with van der Waals surface area (Å²) in [5, 5.41) is 4.90. The maximum Gasteiger partial charge on any atom is 0.500 e. The Kier molecular flexibility index (Phi) is 15.2. The van der Waals surface area contributed by atoms with E-state index in [4.69, 9.17) is 22.8 Å². The van der Waals surface area contributed by atoms with Crippen LogP contribution in [0.1, 0.15) is 52.0 Å². The molecule has 0 radical (unpaired) electrons. The third-order valence-corrected chi connectivity index (χ3v) is 8.91. The van der Waals surface area contributed by atoms with Crippen molar-refractivity contribution in [1.29, 1.82) is 0 Å². The summed E-state index contributed by atoms with van der Waals surface area (Å²) in [5.74, 6) is 0.424. The summed E-state index contributed by atoms with van der Waals surface area (Å²) in [5.41, 5.74) is 0.922. The average Bonchev–Trinajstić information content (AvgIpc) is 2.93. The van der Waals surface area contributed by atoms with E-state index in [1.165, 1.54) is 13.2 Å². The van der Waals surface area contributed by atoms with Crippen LogP contribution in [0.25, 0.3) is 16.8 Å². The van der Waals surface area contributed by atoms with Crippen molar-refractivity contribution in [2.45, 2.75) is 52.5 Å². The van der Waals surface area contributed by atoms with Crippen molar-refractivity contribution < 1.29 is 37.1 Å². The SMILES string of the molecule is CCO[Si](CCCNC(=O)OCCCCCOc1ccc2cc(/C=C/C(=O)OC)ccc2c1)(OCC)OCC. The summed E-state index contributed by atoms with van der Waals surface area (Å²) in [7, 11) is -1.33. The number of amides is 1. The van der Waals surface area contributed by atoms with Gasteiger partial charge in [0.05, 0.1) is 20.3 Å². The van der Waals surface area contributed by atoms with E-state index in [0.29, 0.717) is 52.0 Å². The van der Waals surface area contributed by atoms with E-state index in [1.807, 2.05) is 57.2 Å². The molecule has 2 aromatic carbocycles. The highest BCUT2D eigenvalue weighted by Crippen LogP contribution is 2.23. The van der Waals surface area contributed by atoms with Crippen molar-refractivity contribution >= 4 is 37.7 Å². The minimum Gasteiger partial charge on any atom is -0.494 e. The molecule has 0 aromatic heterocycles. The first kappa shape index (κ1) is 32.3. The molecule has 216 valence electrons. The maximum absolute atomic E-state index is 12.0. The average molecular weight is 562 g/mol. The van der Waals surface area contributed by atoms with E-state index >= 15 is 0 Å². The number of carbonyl (C=O) groups excluding carboxylic acids is 2. The van der Waals surface area contributed by atoms with Gasteiger partial charge < -0.3 is 32.8 Å². The number of hydrogen-bond donors (Lipinski definition) is 1. The van der Waals surface area contributed by atoms with Crippen LogP contribution in [0.5, 0.6) is 5.75 Å². The molecule has 0 saturated carbocycles. The summed E-state index contributed by atoms with van der Waals surface area (Å²) < 4.78 is 33.3. The zero-order valence-electron chi connectivity index (χ0n) is 23.7. The number of unbranched alkanes of at least 4 members (excludes halogenated alkanes) is 2. The first-order chi connectivity index (χ1) is 18.9. The predicted octanol–water partition coefficient (Wildman–Crippen LogP) is 5.74. The van der Waals surface area contributed by atoms with Gasteiger partial charge in [-0.2, -0.15) is 0 Å². The molecule has 9 nitrogen and oxygen atoms in total. The van der Waals surface area contributed by atoms with E-state index in [9.17, 15) is 9.59 Å². The number of methoxy groups -OCH3 is 1. The van der Waals surface area contributed by atoms with Gasteiger partial charge in [0.2, 0.25) is 0 Å². The van der Waals surface area contributed by atoms with Gasteiger partial charge in [0.25, 0.3) is 0 Å². The fraction of sp³-hybridized carbons (Fsp3) is 0.517. The first-order valence-corrected chi connectivity index (χ1v) is 15.6. The fourth-order valence-corrected chi connectivity index (χ4v) is 6.56. The standard InChI is InChI=1S/C29H43NO8Si/c1-5-36-39(37-6-2,38-7-3)21-11-18-30-29(32)35-20-10-8-9-19-34-27-16-15-25-22-24(12-14-26(25)23-27)13-17-28(31)33-4/h12-17,22-23H,5-11,18-21H2,1-4H3,(H,30,32)/b17-13+. The van der Waals surface area contributed by atoms with Crippen LogP contribution >= 0.6 is 0 Å². The number of nitrogens with one attached hydrogen (secondary N) is 1. The zero-order valence-corrected chi connectivity index (χ0v) is 24.7. The van der Waals surface area contributed by atoms with E-state index in [0.717, 1.165) is 41.3 Å². The second-order valence-corrected chi connectivity index (χ2v) is 11.4. The molecule has 0 atom stereocenters. The topological polar surface area (TPSA) is 102 Å². The van der Waals surface area contributed by atoms with Crippen molar-refractivity contribution in [2.24, 2.45) is 0 Å². The quantitative estimate of drug-likeness (QED) is 0.100. The molecule has 1 amide bonds. The fourth-order valence-electron chi connectivity index (χ4n) is 3.95. The third kappa shape index (κ3) is 12.2. The highest BCUT2D eigenvalue weighted by atomic mass is 28.4. The number of fused-ring (bicyclic) bond motifs is 1. The van der Waals surface area contributed by atoms with Crippen LogP contribution in [0.15, 0.2) is 42.5 Å². The van der Waals surface area contributed by atoms with Crippen LogP contribution in [0, 0.1) is 0 Å². The number of rotatable bonds is 19. The van der Waals surface area contributed by atoms with E-state index < -0.39 is 14.9 Å². The molecule has 2 aromatic rings. The van der Waals surface area contributed by atoms with Crippen LogP contribution in [-0.4, -0.2) is 67.6 Å². The monoisotopic (exact) mass is 561 g/mol. The summed E-state index contributed by atoms with van der Waals surface area (Å²) in [4.78, 5) is 23.2. The van der Waals surface area contributed by atoms with Crippen LogP contribution in [0.4, 0.5) is 4.79 Å². The molecule has 0 aliphatic rings. The summed E-state index contributed by atoms with van der Waals surface area (Å²) in [6.45, 7) is 8.82. The minimum absolute atomic E-state index is 0.365. The largest absolute Gasteiger partial charge is 0.500 e. The van der Waals surface area contributed by atoms with Crippen LogP contribution in [0.2, 0.25) is 6.04 Å². The van der Waals surface area contributed by atoms with Crippen LogP contribution < -0.4 is 10.1 Å². The third-order valence-electron chi connectivity index (χ3n) is 5.76. The zero-order chi connectivity index (χ0) is 28.3. The van der Waals surface area contributed by atoms with E-state index in [-0.39, 0.29) is 5.97 Å². The smallest absolute Gasteiger partial charge is 0.494 e. The van der Waals surface area contributed by atoms with Gasteiger partial charge in [-0.25, -0.2) is 9.59 Å². The lowest BCUT2D eigenvalue weighted by Crippen LogP contribution is -2.46. The Morgan fingerprint density at radius 3 is 2.21 bits per heavy atom. The second kappa shape index (κ2) is 18.4. The lowest BCUT2D eigenvalue weighted by Gasteiger charge is -2.28. The highest BCUT2D eigenvalue weighted by Gasteiger charge is 2.39. The Labute approximate surface area is 233 Å². The van der Waals surface area contributed by atoms with Crippen molar-refractivity contribution in [3.63, 3.8) is 0 Å².